The number of rotatable bonds is 5. The molecule has 7 heteroatoms. The van der Waals surface area contributed by atoms with Gasteiger partial charge in [-0.3, -0.25) is 14.4 Å². The van der Waals surface area contributed by atoms with Gasteiger partial charge in [-0.2, -0.15) is 0 Å². The fraction of sp³-hybridized carbons (Fsp3) is 0.357. The average molecular weight is 293 g/mol. The number of benzene rings is 1. The van der Waals surface area contributed by atoms with Gasteiger partial charge < -0.3 is 19.9 Å². The van der Waals surface area contributed by atoms with E-state index in [4.69, 9.17) is 9.47 Å². The number of amides is 1. The van der Waals surface area contributed by atoms with Crippen molar-refractivity contribution in [3.63, 3.8) is 0 Å². The van der Waals surface area contributed by atoms with Crippen LogP contribution in [0.15, 0.2) is 18.2 Å². The maximum absolute atomic E-state index is 12.1. The minimum atomic E-state index is -1.58. The van der Waals surface area contributed by atoms with Gasteiger partial charge in [0.1, 0.15) is 5.75 Å². The van der Waals surface area contributed by atoms with Gasteiger partial charge in [0, 0.05) is 5.69 Å². The zero-order chi connectivity index (χ0) is 15.6. The highest BCUT2D eigenvalue weighted by Crippen LogP contribution is 2.40. The Morgan fingerprint density at radius 3 is 2.71 bits per heavy atom. The van der Waals surface area contributed by atoms with Gasteiger partial charge in [-0.15, -0.1) is 0 Å². The smallest absolute Gasteiger partial charge is 0.321 e. The summed E-state index contributed by atoms with van der Waals surface area (Å²) >= 11 is 0. The Bertz CT molecular complexity index is 597. The molecule has 0 saturated heterocycles. The highest BCUT2D eigenvalue weighted by molar-refractivity contribution is 6.10. The van der Waals surface area contributed by atoms with Crippen LogP contribution in [0.3, 0.4) is 0 Å². The highest BCUT2D eigenvalue weighted by Gasteiger charge is 2.45. The molecule has 2 N–H and O–H groups in total. The van der Waals surface area contributed by atoms with Crippen molar-refractivity contribution in [3.8, 4) is 5.75 Å². The molecule has 1 aromatic carbocycles. The first kappa shape index (κ1) is 14.8. The number of fused-ring (bicyclic) bond motifs is 1. The first-order valence-electron chi connectivity index (χ1n) is 6.37. The molecule has 1 aromatic rings. The second kappa shape index (κ2) is 5.82. The number of hydrogen-bond acceptors (Lipinski definition) is 5. The molecule has 0 bridgehead atoms. The van der Waals surface area contributed by atoms with Crippen LogP contribution in [0, 0.1) is 5.92 Å². The van der Waals surface area contributed by atoms with E-state index in [-0.39, 0.29) is 6.61 Å². The first-order chi connectivity index (χ1) is 9.99. The summed E-state index contributed by atoms with van der Waals surface area (Å²) < 4.78 is 9.84. The quantitative estimate of drug-likeness (QED) is 0.620. The third kappa shape index (κ3) is 2.67. The number of hydrogen-bond donors (Lipinski definition) is 2. The molecule has 0 spiro atoms. The van der Waals surface area contributed by atoms with Crippen LogP contribution >= 0.6 is 0 Å². The van der Waals surface area contributed by atoms with Crippen LogP contribution in [-0.2, 0) is 19.1 Å². The van der Waals surface area contributed by atoms with Crippen LogP contribution in [0.4, 0.5) is 5.69 Å². The van der Waals surface area contributed by atoms with Crippen LogP contribution < -0.4 is 10.1 Å². The second-order valence-electron chi connectivity index (χ2n) is 4.49. The standard InChI is InChI=1S/C14H15NO6/c1-3-21-14(19)11(13(17)18)10-8-6-7(20-2)4-5-9(8)15-12(10)16/h4-6,10-11H,3H2,1-2H3,(H,15,16)(H,17,18). The van der Waals surface area contributed by atoms with Gasteiger partial charge in [0.25, 0.3) is 0 Å². The van der Waals surface area contributed by atoms with Crippen molar-refractivity contribution in [1.82, 2.24) is 0 Å². The van der Waals surface area contributed by atoms with Crippen molar-refractivity contribution >= 4 is 23.5 Å². The molecule has 0 saturated carbocycles. The fourth-order valence-corrected chi connectivity index (χ4v) is 2.33. The lowest BCUT2D eigenvalue weighted by atomic mass is 9.87. The van der Waals surface area contributed by atoms with E-state index in [1.165, 1.54) is 7.11 Å². The summed E-state index contributed by atoms with van der Waals surface area (Å²) in [7, 11) is 1.46. The van der Waals surface area contributed by atoms with E-state index in [0.29, 0.717) is 17.0 Å². The van der Waals surface area contributed by atoms with Crippen molar-refractivity contribution in [1.29, 1.82) is 0 Å². The summed E-state index contributed by atoms with van der Waals surface area (Å²) in [6.07, 6.45) is 0. The molecule has 7 nitrogen and oxygen atoms in total. The van der Waals surface area contributed by atoms with Crippen molar-refractivity contribution in [2.75, 3.05) is 19.0 Å². The van der Waals surface area contributed by atoms with E-state index in [1.807, 2.05) is 0 Å². The summed E-state index contributed by atoms with van der Waals surface area (Å²) in [6.45, 7) is 1.62. The molecule has 21 heavy (non-hydrogen) atoms. The Hall–Kier alpha value is -2.57. The SMILES string of the molecule is CCOC(=O)C(C(=O)O)C1C(=O)Nc2ccc(OC)cc21. The number of ether oxygens (including phenoxy) is 2. The number of carboxylic acid groups (broad SMARTS) is 1. The topological polar surface area (TPSA) is 102 Å². The molecule has 1 heterocycles. The maximum atomic E-state index is 12.1. The Kier molecular flexibility index (Phi) is 4.11. The van der Waals surface area contributed by atoms with Crippen molar-refractivity contribution in [2.45, 2.75) is 12.8 Å². The minimum Gasteiger partial charge on any atom is -0.497 e. The van der Waals surface area contributed by atoms with Gasteiger partial charge in [-0.1, -0.05) is 0 Å². The molecule has 1 aliphatic heterocycles. The lowest BCUT2D eigenvalue weighted by molar-refractivity contribution is -0.160. The number of anilines is 1. The maximum Gasteiger partial charge on any atom is 0.321 e. The predicted molar refractivity (Wildman–Crippen MR) is 72.1 cm³/mol. The van der Waals surface area contributed by atoms with Gasteiger partial charge in [-0.05, 0) is 30.7 Å². The van der Waals surface area contributed by atoms with E-state index >= 15 is 0 Å². The lowest BCUT2D eigenvalue weighted by Gasteiger charge is -2.17. The van der Waals surface area contributed by atoms with Crippen LogP contribution in [0.25, 0.3) is 0 Å². The predicted octanol–water partition coefficient (Wildman–Crippen LogP) is 0.995. The molecule has 0 aliphatic carbocycles. The van der Waals surface area contributed by atoms with Gasteiger partial charge >= 0.3 is 11.9 Å². The summed E-state index contributed by atoms with van der Waals surface area (Å²) in [5.74, 6) is -5.11. The van der Waals surface area contributed by atoms with E-state index in [1.54, 1.807) is 25.1 Å². The number of nitrogens with one attached hydrogen (secondary N) is 1. The first-order valence-corrected chi connectivity index (χ1v) is 6.37. The normalized spacial score (nSPS) is 17.6. The van der Waals surface area contributed by atoms with Crippen LogP contribution in [0.5, 0.6) is 5.75 Å². The molecule has 2 unspecified atom stereocenters. The van der Waals surface area contributed by atoms with Gasteiger partial charge in [0.15, 0.2) is 5.92 Å². The highest BCUT2D eigenvalue weighted by atomic mass is 16.5. The number of esters is 1. The fourth-order valence-electron chi connectivity index (χ4n) is 2.33. The zero-order valence-electron chi connectivity index (χ0n) is 11.6. The molecule has 2 atom stereocenters. The van der Waals surface area contributed by atoms with Crippen molar-refractivity contribution in [2.24, 2.45) is 5.92 Å². The molecule has 112 valence electrons. The molecule has 1 amide bonds. The number of methoxy groups -OCH3 is 1. The van der Waals surface area contributed by atoms with Crippen LogP contribution in [0.1, 0.15) is 18.4 Å². The summed E-state index contributed by atoms with van der Waals surface area (Å²) in [4.78, 5) is 35.3. The molecular formula is C14H15NO6. The Morgan fingerprint density at radius 1 is 1.43 bits per heavy atom. The molecule has 2 rings (SSSR count). The Morgan fingerprint density at radius 2 is 2.14 bits per heavy atom. The van der Waals surface area contributed by atoms with Crippen LogP contribution in [-0.4, -0.2) is 36.7 Å². The zero-order valence-corrected chi connectivity index (χ0v) is 11.6. The molecule has 1 aliphatic rings. The number of carbonyl (C=O) groups excluding carboxylic acids is 2. The molecule has 0 aromatic heterocycles. The lowest BCUT2D eigenvalue weighted by Crippen LogP contribution is -2.35. The van der Waals surface area contributed by atoms with Crippen molar-refractivity contribution < 1.29 is 29.0 Å². The summed E-state index contributed by atoms with van der Waals surface area (Å²) in [5.41, 5.74) is 0.890. The summed E-state index contributed by atoms with van der Waals surface area (Å²) in [5, 5.41) is 11.9. The third-order valence-electron chi connectivity index (χ3n) is 3.27. The number of carbonyl (C=O) groups is 3. The molecular weight excluding hydrogens is 278 g/mol. The van der Waals surface area contributed by atoms with E-state index in [0.717, 1.165) is 0 Å². The minimum absolute atomic E-state index is 0.0436. The average Bonchev–Trinajstić information content (AvgIpc) is 2.75. The van der Waals surface area contributed by atoms with Gasteiger partial charge in [0.05, 0.1) is 19.6 Å². The van der Waals surface area contributed by atoms with Gasteiger partial charge in [0.2, 0.25) is 5.91 Å². The van der Waals surface area contributed by atoms with E-state index in [9.17, 15) is 19.5 Å². The molecule has 0 fully saturated rings. The summed E-state index contributed by atoms with van der Waals surface area (Å²) in [6, 6.07) is 4.80. The van der Waals surface area contributed by atoms with Gasteiger partial charge in [-0.25, -0.2) is 0 Å². The van der Waals surface area contributed by atoms with Crippen LogP contribution in [0.2, 0.25) is 0 Å². The number of aliphatic carboxylic acids is 1. The Labute approximate surface area is 120 Å². The third-order valence-corrected chi connectivity index (χ3v) is 3.27. The van der Waals surface area contributed by atoms with E-state index in [2.05, 4.69) is 5.32 Å². The van der Waals surface area contributed by atoms with Crippen molar-refractivity contribution in [3.05, 3.63) is 23.8 Å². The Balaban J connectivity index is 2.45. The number of carboxylic acids is 1. The van der Waals surface area contributed by atoms with E-state index < -0.39 is 29.7 Å². The molecule has 0 radical (unpaired) electrons. The second-order valence-corrected chi connectivity index (χ2v) is 4.49. The largest absolute Gasteiger partial charge is 0.497 e. The monoisotopic (exact) mass is 293 g/mol.